The second-order valence-electron chi connectivity index (χ2n) is 5.94. The van der Waals surface area contributed by atoms with Crippen molar-refractivity contribution in [3.63, 3.8) is 0 Å². The van der Waals surface area contributed by atoms with Crippen LogP contribution >= 0.6 is 0 Å². The number of esters is 2. The van der Waals surface area contributed by atoms with E-state index >= 15 is 0 Å². The first-order valence-corrected chi connectivity index (χ1v) is 8.29. The number of amides is 2. The van der Waals surface area contributed by atoms with E-state index in [1.165, 1.54) is 24.1 Å². The Morgan fingerprint density at radius 1 is 0.893 bits per heavy atom. The molecule has 0 unspecified atom stereocenters. The van der Waals surface area contributed by atoms with Crippen molar-refractivity contribution in [2.75, 3.05) is 33.1 Å². The van der Waals surface area contributed by atoms with Gasteiger partial charge in [-0.15, -0.1) is 0 Å². The number of ether oxygens (including phenoxy) is 2. The zero-order valence-electron chi connectivity index (χ0n) is 15.7. The summed E-state index contributed by atoms with van der Waals surface area (Å²) in [6.07, 6.45) is 0. The molecule has 2 amide bonds. The molecule has 0 fully saturated rings. The lowest BCUT2D eigenvalue weighted by Crippen LogP contribution is -2.23. The number of nitrogens with zero attached hydrogens (tertiary/aromatic N) is 1. The van der Waals surface area contributed by atoms with Crippen LogP contribution in [0.15, 0.2) is 48.5 Å². The van der Waals surface area contributed by atoms with Crippen LogP contribution in [0, 0.1) is 0 Å². The summed E-state index contributed by atoms with van der Waals surface area (Å²) in [6, 6.07) is 12.3. The van der Waals surface area contributed by atoms with Crippen molar-refractivity contribution < 1.29 is 28.7 Å². The van der Waals surface area contributed by atoms with E-state index in [1.54, 1.807) is 50.5 Å². The van der Waals surface area contributed by atoms with E-state index in [0.29, 0.717) is 11.3 Å². The van der Waals surface area contributed by atoms with Crippen molar-refractivity contribution in [3.05, 3.63) is 65.2 Å². The Morgan fingerprint density at radius 3 is 2.00 bits per heavy atom. The third-order valence-electron chi connectivity index (χ3n) is 3.71. The lowest BCUT2D eigenvalue weighted by atomic mass is 10.1. The smallest absolute Gasteiger partial charge is 0.339 e. The summed E-state index contributed by atoms with van der Waals surface area (Å²) < 4.78 is 9.59. The molecule has 1 N–H and O–H groups in total. The maximum Gasteiger partial charge on any atom is 0.339 e. The second-order valence-corrected chi connectivity index (χ2v) is 5.94. The number of benzene rings is 2. The molecule has 28 heavy (non-hydrogen) atoms. The molecule has 8 nitrogen and oxygen atoms in total. The largest absolute Gasteiger partial charge is 0.465 e. The van der Waals surface area contributed by atoms with E-state index in [-0.39, 0.29) is 17.0 Å². The zero-order chi connectivity index (χ0) is 20.7. The fourth-order valence-corrected chi connectivity index (χ4v) is 2.31. The van der Waals surface area contributed by atoms with E-state index in [1.807, 2.05) is 0 Å². The van der Waals surface area contributed by atoms with Gasteiger partial charge in [-0.05, 0) is 36.4 Å². The molecule has 8 heteroatoms. The van der Waals surface area contributed by atoms with Gasteiger partial charge < -0.3 is 19.7 Å². The van der Waals surface area contributed by atoms with Gasteiger partial charge in [0.1, 0.15) is 0 Å². The highest BCUT2D eigenvalue weighted by Gasteiger charge is 2.19. The Morgan fingerprint density at radius 2 is 1.46 bits per heavy atom. The summed E-state index contributed by atoms with van der Waals surface area (Å²) >= 11 is 0. The van der Waals surface area contributed by atoms with E-state index in [2.05, 4.69) is 10.1 Å². The number of anilines is 1. The summed E-state index contributed by atoms with van der Waals surface area (Å²) in [4.78, 5) is 49.1. The van der Waals surface area contributed by atoms with Crippen molar-refractivity contribution in [2.24, 2.45) is 0 Å². The first kappa shape index (κ1) is 20.6. The van der Waals surface area contributed by atoms with Crippen LogP contribution in [-0.2, 0) is 14.3 Å². The normalized spacial score (nSPS) is 9.96. The van der Waals surface area contributed by atoms with Crippen molar-refractivity contribution >= 4 is 29.4 Å². The average Bonchev–Trinajstić information content (AvgIpc) is 2.71. The van der Waals surface area contributed by atoms with Crippen molar-refractivity contribution in [1.29, 1.82) is 0 Å². The minimum atomic E-state index is -0.817. The minimum Gasteiger partial charge on any atom is -0.465 e. The van der Waals surface area contributed by atoms with E-state index in [0.717, 1.165) is 0 Å². The maximum absolute atomic E-state index is 12.2. The molecular formula is C20H20N2O6. The van der Waals surface area contributed by atoms with Crippen LogP contribution in [0.1, 0.15) is 31.1 Å². The van der Waals surface area contributed by atoms with Crippen LogP contribution in [-0.4, -0.2) is 56.5 Å². The van der Waals surface area contributed by atoms with Crippen LogP contribution in [0.2, 0.25) is 0 Å². The van der Waals surface area contributed by atoms with Crippen LogP contribution in [0.5, 0.6) is 0 Å². The van der Waals surface area contributed by atoms with Gasteiger partial charge in [-0.25, -0.2) is 9.59 Å². The highest BCUT2D eigenvalue weighted by molar-refractivity contribution is 6.04. The monoisotopic (exact) mass is 384 g/mol. The number of nitrogens with one attached hydrogen (secondary N) is 1. The number of carbonyl (C=O) groups excluding carboxylic acids is 4. The molecule has 0 aliphatic rings. The Labute approximate surface area is 162 Å². The Hall–Kier alpha value is -3.68. The van der Waals surface area contributed by atoms with Gasteiger partial charge in [-0.1, -0.05) is 12.1 Å². The van der Waals surface area contributed by atoms with Crippen molar-refractivity contribution in [3.8, 4) is 0 Å². The van der Waals surface area contributed by atoms with Gasteiger partial charge in [0.25, 0.3) is 11.8 Å². The molecule has 146 valence electrons. The van der Waals surface area contributed by atoms with E-state index in [9.17, 15) is 19.2 Å². The minimum absolute atomic E-state index is 0.00806. The third-order valence-corrected chi connectivity index (χ3v) is 3.71. The number of carbonyl (C=O) groups is 4. The molecule has 0 aliphatic heterocycles. The van der Waals surface area contributed by atoms with Gasteiger partial charge in [-0.2, -0.15) is 0 Å². The molecule has 0 radical (unpaired) electrons. The van der Waals surface area contributed by atoms with Crippen LogP contribution in [0.25, 0.3) is 0 Å². The molecular weight excluding hydrogens is 364 g/mol. The quantitative estimate of drug-likeness (QED) is 0.764. The fraction of sp³-hybridized carbons (Fsp3) is 0.200. The van der Waals surface area contributed by atoms with E-state index < -0.39 is 24.5 Å². The standard InChI is InChI=1S/C20H20N2O6/c1-22(2)18(24)13-8-10-14(11-9-13)21-17(23)12-28-20(26)16-7-5-4-6-15(16)19(25)27-3/h4-11H,12H2,1-3H3,(H,21,23). The first-order valence-electron chi connectivity index (χ1n) is 8.29. The van der Waals surface area contributed by atoms with Gasteiger partial charge in [0.2, 0.25) is 0 Å². The summed E-state index contributed by atoms with van der Waals surface area (Å²) in [7, 11) is 4.49. The molecule has 0 saturated heterocycles. The van der Waals surface area contributed by atoms with Gasteiger partial charge in [0, 0.05) is 25.3 Å². The second kappa shape index (κ2) is 9.31. The molecule has 2 rings (SSSR count). The zero-order valence-corrected chi connectivity index (χ0v) is 15.7. The van der Waals surface area contributed by atoms with Gasteiger partial charge in [0.15, 0.2) is 6.61 Å². The van der Waals surface area contributed by atoms with Crippen LogP contribution in [0.3, 0.4) is 0 Å². The Bertz CT molecular complexity index is 890. The Balaban J connectivity index is 1.95. The number of hydrogen-bond acceptors (Lipinski definition) is 6. The van der Waals surface area contributed by atoms with E-state index in [4.69, 9.17) is 4.74 Å². The summed E-state index contributed by atoms with van der Waals surface area (Å²) in [5.41, 5.74) is 0.991. The fourth-order valence-electron chi connectivity index (χ4n) is 2.31. The van der Waals surface area contributed by atoms with Gasteiger partial charge in [-0.3, -0.25) is 9.59 Å². The van der Waals surface area contributed by atoms with Gasteiger partial charge in [0.05, 0.1) is 18.2 Å². The lowest BCUT2D eigenvalue weighted by Gasteiger charge is -2.11. The predicted octanol–water partition coefficient (Wildman–Crippen LogP) is 1.97. The molecule has 0 bridgehead atoms. The summed E-state index contributed by atoms with van der Waals surface area (Å²) in [5.74, 6) is -2.21. The molecule has 0 aromatic heterocycles. The number of hydrogen-bond donors (Lipinski definition) is 1. The molecule has 0 aliphatic carbocycles. The first-order chi connectivity index (χ1) is 13.3. The van der Waals surface area contributed by atoms with Crippen LogP contribution < -0.4 is 5.32 Å². The highest BCUT2D eigenvalue weighted by atomic mass is 16.5. The van der Waals surface area contributed by atoms with Crippen LogP contribution in [0.4, 0.5) is 5.69 Å². The summed E-state index contributed by atoms with van der Waals surface area (Å²) in [5, 5.41) is 2.56. The average molecular weight is 384 g/mol. The molecule has 0 spiro atoms. The summed E-state index contributed by atoms with van der Waals surface area (Å²) in [6.45, 7) is -0.535. The molecule has 2 aromatic carbocycles. The Kier molecular flexibility index (Phi) is 6.86. The van der Waals surface area contributed by atoms with Gasteiger partial charge >= 0.3 is 11.9 Å². The topological polar surface area (TPSA) is 102 Å². The molecule has 0 atom stereocenters. The third kappa shape index (κ3) is 5.16. The molecule has 2 aromatic rings. The number of methoxy groups -OCH3 is 1. The van der Waals surface area contributed by atoms with Crippen molar-refractivity contribution in [1.82, 2.24) is 4.90 Å². The van der Waals surface area contributed by atoms with Crippen molar-refractivity contribution in [2.45, 2.75) is 0 Å². The molecule has 0 saturated carbocycles. The number of rotatable bonds is 6. The lowest BCUT2D eigenvalue weighted by molar-refractivity contribution is -0.119. The molecule has 0 heterocycles. The highest BCUT2D eigenvalue weighted by Crippen LogP contribution is 2.13. The predicted molar refractivity (Wildman–Crippen MR) is 101 cm³/mol. The maximum atomic E-state index is 12.2. The SMILES string of the molecule is COC(=O)c1ccccc1C(=O)OCC(=O)Nc1ccc(C(=O)N(C)C)cc1.